The van der Waals surface area contributed by atoms with Gasteiger partial charge in [-0.2, -0.15) is 0 Å². The van der Waals surface area contributed by atoms with E-state index in [9.17, 15) is 0 Å². The zero-order valence-electron chi connectivity index (χ0n) is 12.5. The van der Waals surface area contributed by atoms with Gasteiger partial charge in [0.2, 0.25) is 0 Å². The molecule has 0 aliphatic heterocycles. The lowest BCUT2D eigenvalue weighted by molar-refractivity contribution is 0.411. The molecular weight excluding hydrogens is 224 g/mol. The van der Waals surface area contributed by atoms with E-state index < -0.39 is 0 Å². The molecular formula is C16H28S. The zero-order chi connectivity index (χ0) is 13.7. The van der Waals surface area contributed by atoms with Gasteiger partial charge in [0.25, 0.3) is 0 Å². The molecule has 0 radical (unpaired) electrons. The van der Waals surface area contributed by atoms with Crippen molar-refractivity contribution in [3.8, 4) is 0 Å². The fraction of sp³-hybridized carbons (Fsp3) is 0.625. The zero-order valence-corrected chi connectivity index (χ0v) is 13.4. The fourth-order valence-corrected chi connectivity index (χ4v) is 1.38. The van der Waals surface area contributed by atoms with Gasteiger partial charge in [0.15, 0.2) is 0 Å². The first-order valence-electron chi connectivity index (χ1n) is 6.25. The van der Waals surface area contributed by atoms with Gasteiger partial charge in [-0.15, -0.1) is 12.6 Å². The Balaban J connectivity index is 0.000000437. The molecule has 0 aromatic heterocycles. The second-order valence-electron chi connectivity index (χ2n) is 7.40. The molecule has 0 spiro atoms. The smallest absolute Gasteiger partial charge is 0.00401 e. The van der Waals surface area contributed by atoms with Crippen LogP contribution in [0.3, 0.4) is 0 Å². The summed E-state index contributed by atoms with van der Waals surface area (Å²) in [4.78, 5) is 1.03. The van der Waals surface area contributed by atoms with Crippen LogP contribution in [0.1, 0.15) is 54.0 Å². The van der Waals surface area contributed by atoms with Crippen LogP contribution in [0.5, 0.6) is 0 Å². The molecule has 17 heavy (non-hydrogen) atoms. The highest BCUT2D eigenvalue weighted by atomic mass is 32.1. The highest BCUT2D eigenvalue weighted by Crippen LogP contribution is 2.21. The third-order valence-corrected chi connectivity index (χ3v) is 1.97. The summed E-state index contributed by atoms with van der Waals surface area (Å²) in [6, 6.07) is 8.38. The van der Waals surface area contributed by atoms with Crippen LogP contribution in [0.2, 0.25) is 0 Å². The molecule has 1 aromatic carbocycles. The third kappa shape index (κ3) is 13.5. The van der Waals surface area contributed by atoms with Crippen LogP contribution in [0, 0.1) is 10.8 Å². The molecule has 0 N–H and O–H groups in total. The van der Waals surface area contributed by atoms with E-state index in [1.807, 2.05) is 12.1 Å². The minimum atomic E-state index is 0.373. The van der Waals surface area contributed by atoms with Gasteiger partial charge in [-0.25, -0.2) is 0 Å². The molecule has 0 fully saturated rings. The molecule has 98 valence electrons. The number of hydrogen-bond acceptors (Lipinski definition) is 1. The minimum Gasteiger partial charge on any atom is -0.143 e. The third-order valence-electron chi connectivity index (χ3n) is 1.67. The Morgan fingerprint density at radius 2 is 1.18 bits per heavy atom. The van der Waals surface area contributed by atoms with Crippen LogP contribution in [-0.2, 0) is 6.42 Å². The van der Waals surface area contributed by atoms with Crippen LogP contribution in [0.15, 0.2) is 29.2 Å². The van der Waals surface area contributed by atoms with Crippen LogP contribution >= 0.6 is 12.6 Å². The van der Waals surface area contributed by atoms with E-state index in [4.69, 9.17) is 0 Å². The Bertz CT molecular complexity index is 303. The lowest BCUT2D eigenvalue weighted by atomic mass is 9.88. The second kappa shape index (κ2) is 6.49. The predicted molar refractivity (Wildman–Crippen MR) is 82.0 cm³/mol. The summed E-state index contributed by atoms with van der Waals surface area (Å²) < 4.78 is 0. The van der Waals surface area contributed by atoms with Gasteiger partial charge in [-0.05, 0) is 34.9 Å². The first-order chi connectivity index (χ1) is 7.47. The van der Waals surface area contributed by atoms with Gasteiger partial charge < -0.3 is 0 Å². The summed E-state index contributed by atoms with van der Waals surface area (Å²) in [5.41, 5.74) is 2.26. The number of benzene rings is 1. The summed E-state index contributed by atoms with van der Waals surface area (Å²) in [6.45, 7) is 15.5. The Kier molecular flexibility index (Phi) is 6.32. The fourth-order valence-electron chi connectivity index (χ4n) is 1.23. The van der Waals surface area contributed by atoms with E-state index in [-0.39, 0.29) is 0 Å². The van der Waals surface area contributed by atoms with Gasteiger partial charge in [0, 0.05) is 4.90 Å². The lowest BCUT2D eigenvalue weighted by Gasteiger charge is -2.17. The van der Waals surface area contributed by atoms with Crippen molar-refractivity contribution in [2.45, 2.75) is 59.8 Å². The molecule has 0 nitrogen and oxygen atoms in total. The molecule has 1 heteroatoms. The van der Waals surface area contributed by atoms with E-state index >= 15 is 0 Å². The monoisotopic (exact) mass is 252 g/mol. The first kappa shape index (κ1) is 16.6. The molecule has 0 saturated carbocycles. The number of rotatable bonds is 1. The molecule has 0 atom stereocenters. The Labute approximate surface area is 113 Å². The lowest BCUT2D eigenvalue weighted by Crippen LogP contribution is -2.08. The molecule has 0 heterocycles. The first-order valence-corrected chi connectivity index (χ1v) is 6.70. The quantitative estimate of drug-likeness (QED) is 0.616. The number of hydrogen-bond donors (Lipinski definition) is 1. The van der Waals surface area contributed by atoms with Crippen molar-refractivity contribution >= 4 is 12.6 Å². The highest BCUT2D eigenvalue weighted by Gasteiger charge is 2.10. The van der Waals surface area contributed by atoms with Crippen molar-refractivity contribution in [2.24, 2.45) is 10.8 Å². The van der Waals surface area contributed by atoms with Gasteiger partial charge >= 0.3 is 0 Å². The van der Waals surface area contributed by atoms with Gasteiger partial charge in [0.05, 0.1) is 0 Å². The Morgan fingerprint density at radius 3 is 1.47 bits per heavy atom. The Morgan fingerprint density at radius 1 is 0.824 bits per heavy atom. The topological polar surface area (TPSA) is 0 Å². The molecule has 0 aliphatic carbocycles. The summed E-state index contributed by atoms with van der Waals surface area (Å²) >= 11 is 4.24. The predicted octanol–water partition coefficient (Wildman–Crippen LogP) is 5.62. The van der Waals surface area contributed by atoms with Crippen molar-refractivity contribution in [3.05, 3.63) is 29.8 Å². The Hall–Kier alpha value is -0.430. The van der Waals surface area contributed by atoms with Crippen molar-refractivity contribution in [1.82, 2.24) is 0 Å². The van der Waals surface area contributed by atoms with Gasteiger partial charge in [-0.1, -0.05) is 60.6 Å². The molecule has 0 bridgehead atoms. The molecule has 0 saturated heterocycles. The van der Waals surface area contributed by atoms with Crippen molar-refractivity contribution in [2.75, 3.05) is 0 Å². The van der Waals surface area contributed by atoms with Crippen molar-refractivity contribution in [3.63, 3.8) is 0 Å². The second-order valence-corrected chi connectivity index (χ2v) is 7.92. The molecule has 1 aromatic rings. The maximum absolute atomic E-state index is 4.24. The molecule has 0 unspecified atom stereocenters. The van der Waals surface area contributed by atoms with Crippen LogP contribution in [0.4, 0.5) is 0 Å². The van der Waals surface area contributed by atoms with E-state index in [2.05, 4.69) is 73.2 Å². The SMILES string of the molecule is CC(C)(C)C.CC(C)(C)Cc1ccc(S)cc1. The van der Waals surface area contributed by atoms with E-state index in [0.717, 1.165) is 11.3 Å². The minimum absolute atomic E-state index is 0.373. The molecule has 0 aliphatic rings. The van der Waals surface area contributed by atoms with Crippen LogP contribution < -0.4 is 0 Å². The van der Waals surface area contributed by atoms with E-state index in [1.165, 1.54) is 5.56 Å². The average Bonchev–Trinajstić information content (AvgIpc) is 2.03. The van der Waals surface area contributed by atoms with Crippen LogP contribution in [0.25, 0.3) is 0 Å². The molecule has 1 rings (SSSR count). The molecule has 0 amide bonds. The largest absolute Gasteiger partial charge is 0.143 e. The van der Waals surface area contributed by atoms with E-state index in [1.54, 1.807) is 0 Å². The standard InChI is InChI=1S/C11H16S.C5H12/c1-11(2,3)8-9-4-6-10(12)7-5-9;1-5(2,3)4/h4-7,12H,8H2,1-3H3;1-4H3. The summed E-state index contributed by atoms with van der Waals surface area (Å²) in [5, 5.41) is 0. The maximum Gasteiger partial charge on any atom is 0.00401 e. The summed E-state index contributed by atoms with van der Waals surface area (Å²) in [5.74, 6) is 0. The highest BCUT2D eigenvalue weighted by molar-refractivity contribution is 7.80. The van der Waals surface area contributed by atoms with Crippen LogP contribution in [-0.4, -0.2) is 0 Å². The summed E-state index contributed by atoms with van der Waals surface area (Å²) in [6.07, 6.45) is 1.13. The van der Waals surface area contributed by atoms with E-state index in [0.29, 0.717) is 10.8 Å². The maximum atomic E-state index is 4.24. The summed E-state index contributed by atoms with van der Waals surface area (Å²) in [7, 11) is 0. The van der Waals surface area contributed by atoms with Gasteiger partial charge in [0.1, 0.15) is 0 Å². The van der Waals surface area contributed by atoms with Crippen molar-refractivity contribution < 1.29 is 0 Å². The number of thiol groups is 1. The van der Waals surface area contributed by atoms with Gasteiger partial charge in [-0.3, -0.25) is 0 Å². The van der Waals surface area contributed by atoms with Crippen molar-refractivity contribution in [1.29, 1.82) is 0 Å². The normalized spacial score (nSPS) is 11.8. The average molecular weight is 252 g/mol.